The maximum absolute atomic E-state index is 13.8. The van der Waals surface area contributed by atoms with Gasteiger partial charge in [0.15, 0.2) is 5.82 Å². The molecule has 0 unspecified atom stereocenters. The van der Waals surface area contributed by atoms with Crippen molar-refractivity contribution in [1.82, 2.24) is 20.0 Å². The molecule has 178 valence electrons. The second-order valence-electron chi connectivity index (χ2n) is 9.38. The highest BCUT2D eigenvalue weighted by molar-refractivity contribution is 5.60. The highest BCUT2D eigenvalue weighted by Crippen LogP contribution is 2.36. The largest absolute Gasteiger partial charge is 0.324 e. The van der Waals surface area contributed by atoms with Crippen molar-refractivity contribution in [1.29, 1.82) is 0 Å². The van der Waals surface area contributed by atoms with Gasteiger partial charge in [-0.3, -0.25) is 4.68 Å². The molecule has 3 heterocycles. The fourth-order valence-electron chi connectivity index (χ4n) is 4.70. The van der Waals surface area contributed by atoms with Crippen molar-refractivity contribution in [3.63, 3.8) is 0 Å². The first-order valence-electron chi connectivity index (χ1n) is 11.8. The summed E-state index contributed by atoms with van der Waals surface area (Å²) in [6.07, 6.45) is 3.08. The van der Waals surface area contributed by atoms with Gasteiger partial charge in [0, 0.05) is 48.6 Å². The number of piperidine rings is 1. The molecule has 2 aliphatic rings. The van der Waals surface area contributed by atoms with Crippen molar-refractivity contribution in [3.8, 4) is 0 Å². The van der Waals surface area contributed by atoms with E-state index in [2.05, 4.69) is 40.3 Å². The van der Waals surface area contributed by atoms with Crippen LogP contribution in [0.4, 0.5) is 14.6 Å². The molecule has 0 radical (unpaired) electrons. The molecule has 2 aliphatic heterocycles. The number of rotatable bonds is 8. The minimum absolute atomic E-state index is 0.0628. The summed E-state index contributed by atoms with van der Waals surface area (Å²) < 4.78 is 29.9. The second-order valence-corrected chi connectivity index (χ2v) is 9.38. The molecule has 0 bridgehead atoms. The Morgan fingerprint density at radius 1 is 1.28 bits per heavy atom. The molecule has 32 heavy (non-hydrogen) atoms. The Bertz CT molecular complexity index is 873. The number of nitrogens with one attached hydrogen (secondary N) is 1. The molecule has 7 heteroatoms. The Morgan fingerprint density at radius 2 is 1.97 bits per heavy atom. The molecule has 0 spiro atoms. The number of allylic oxidation sites excluding steroid dienone is 4. The Kier molecular flexibility index (Phi) is 8.28. The highest BCUT2D eigenvalue weighted by Gasteiger charge is 2.31. The summed E-state index contributed by atoms with van der Waals surface area (Å²) in [6, 6.07) is 0.386. The van der Waals surface area contributed by atoms with E-state index in [1.807, 2.05) is 6.92 Å². The molecule has 0 aromatic carbocycles. The quantitative estimate of drug-likeness (QED) is 0.564. The van der Waals surface area contributed by atoms with Crippen molar-refractivity contribution in [3.05, 3.63) is 46.3 Å². The number of alkyl halides is 2. The summed E-state index contributed by atoms with van der Waals surface area (Å²) in [6.45, 7) is 16.2. The van der Waals surface area contributed by atoms with Crippen LogP contribution >= 0.6 is 0 Å². The maximum Gasteiger partial charge on any atom is 0.263 e. The van der Waals surface area contributed by atoms with Crippen molar-refractivity contribution in [2.24, 2.45) is 0 Å². The third-order valence-electron chi connectivity index (χ3n) is 6.45. The van der Waals surface area contributed by atoms with Crippen molar-refractivity contribution < 1.29 is 8.78 Å². The van der Waals surface area contributed by atoms with Crippen LogP contribution in [0.2, 0.25) is 0 Å². The molecule has 5 nitrogen and oxygen atoms in total. The van der Waals surface area contributed by atoms with E-state index in [1.54, 1.807) is 19.9 Å². The number of halogens is 2. The zero-order chi connectivity index (χ0) is 23.4. The van der Waals surface area contributed by atoms with Gasteiger partial charge in [-0.15, -0.1) is 0 Å². The topological polar surface area (TPSA) is 36.3 Å². The van der Waals surface area contributed by atoms with Crippen molar-refractivity contribution >= 4 is 5.82 Å². The molecular weight excluding hydrogens is 408 g/mol. The first-order valence-corrected chi connectivity index (χ1v) is 11.8. The van der Waals surface area contributed by atoms with Crippen molar-refractivity contribution in [2.45, 2.75) is 72.4 Å². The second kappa shape index (κ2) is 10.8. The molecule has 0 aliphatic carbocycles. The van der Waals surface area contributed by atoms with Gasteiger partial charge < -0.3 is 15.1 Å². The van der Waals surface area contributed by atoms with Crippen LogP contribution in [0.5, 0.6) is 0 Å². The molecule has 0 atom stereocenters. The zero-order valence-electron chi connectivity index (χ0n) is 20.3. The molecular formula is C25H39F2N5. The lowest BCUT2D eigenvalue weighted by atomic mass is 10.0. The van der Waals surface area contributed by atoms with Crippen molar-refractivity contribution in [2.75, 3.05) is 38.1 Å². The Hall–Kier alpha value is -1.99. The van der Waals surface area contributed by atoms with Gasteiger partial charge in [-0.05, 0) is 71.8 Å². The van der Waals surface area contributed by atoms with E-state index in [9.17, 15) is 8.78 Å². The fourth-order valence-corrected chi connectivity index (χ4v) is 4.70. The van der Waals surface area contributed by atoms with Crippen LogP contribution in [0.3, 0.4) is 0 Å². The van der Waals surface area contributed by atoms with Gasteiger partial charge >= 0.3 is 0 Å². The summed E-state index contributed by atoms with van der Waals surface area (Å²) in [5, 5.41) is 8.61. The Balaban J connectivity index is 2.15. The van der Waals surface area contributed by atoms with E-state index in [0.29, 0.717) is 18.2 Å². The molecule has 0 saturated carbocycles. The molecule has 1 aromatic rings. The lowest BCUT2D eigenvalue weighted by molar-refractivity contribution is 0.192. The zero-order valence-corrected chi connectivity index (χ0v) is 20.3. The van der Waals surface area contributed by atoms with E-state index in [1.165, 1.54) is 11.3 Å². The monoisotopic (exact) mass is 447 g/mol. The number of hydrogen-bond donors (Lipinski definition) is 1. The van der Waals surface area contributed by atoms with Crippen LogP contribution in [-0.2, 0) is 13.0 Å². The van der Waals surface area contributed by atoms with Gasteiger partial charge in [0.1, 0.15) is 0 Å². The number of fused-ring (bicyclic) bond motifs is 1. The number of hydrogen-bond acceptors (Lipinski definition) is 4. The van der Waals surface area contributed by atoms with Gasteiger partial charge in [-0.25, -0.2) is 8.78 Å². The maximum atomic E-state index is 13.8. The van der Waals surface area contributed by atoms with Gasteiger partial charge in [-0.1, -0.05) is 19.1 Å². The first-order chi connectivity index (χ1) is 15.2. The lowest BCUT2D eigenvalue weighted by Gasteiger charge is -2.30. The van der Waals surface area contributed by atoms with Crippen LogP contribution in [0.1, 0.15) is 64.3 Å². The van der Waals surface area contributed by atoms with E-state index >= 15 is 0 Å². The van der Waals surface area contributed by atoms with Crippen LogP contribution in [0.25, 0.3) is 0 Å². The number of aromatic nitrogens is 2. The van der Waals surface area contributed by atoms with Crippen LogP contribution in [0.15, 0.2) is 35.1 Å². The molecule has 0 amide bonds. The number of nitrogens with zero attached hydrogens (tertiary/aromatic N) is 4. The summed E-state index contributed by atoms with van der Waals surface area (Å²) in [5.74, 6) is 0.906. The summed E-state index contributed by atoms with van der Waals surface area (Å²) in [5.41, 5.74) is 4.73. The van der Waals surface area contributed by atoms with E-state index < -0.39 is 6.43 Å². The predicted molar refractivity (Wildman–Crippen MR) is 128 cm³/mol. The summed E-state index contributed by atoms with van der Waals surface area (Å²) in [7, 11) is 2.13. The molecule has 1 aromatic heterocycles. The smallest absolute Gasteiger partial charge is 0.263 e. The van der Waals surface area contributed by atoms with Gasteiger partial charge in [-0.2, -0.15) is 5.10 Å². The summed E-state index contributed by atoms with van der Waals surface area (Å²) in [4.78, 5) is 4.44. The average molecular weight is 448 g/mol. The Labute approximate surface area is 191 Å². The molecule has 1 saturated heterocycles. The van der Waals surface area contributed by atoms with E-state index in [-0.39, 0.29) is 5.57 Å². The van der Waals surface area contributed by atoms with Gasteiger partial charge in [0.2, 0.25) is 0 Å². The van der Waals surface area contributed by atoms with Crippen LogP contribution < -0.4 is 10.2 Å². The van der Waals surface area contributed by atoms with E-state index in [0.717, 1.165) is 69.0 Å². The third-order valence-corrected chi connectivity index (χ3v) is 6.45. The predicted octanol–water partition coefficient (Wildman–Crippen LogP) is 5.07. The van der Waals surface area contributed by atoms with Crippen LogP contribution in [-0.4, -0.2) is 54.3 Å². The first kappa shape index (κ1) is 24.6. The highest BCUT2D eigenvalue weighted by atomic mass is 19.3. The number of likely N-dealkylation sites (N-methyl/N-ethyl adjacent to an activating group) is 1. The lowest BCUT2D eigenvalue weighted by Crippen LogP contribution is -2.32. The summed E-state index contributed by atoms with van der Waals surface area (Å²) >= 11 is 0. The third kappa shape index (κ3) is 5.31. The molecule has 3 rings (SSSR count). The van der Waals surface area contributed by atoms with E-state index in [4.69, 9.17) is 5.10 Å². The minimum Gasteiger partial charge on any atom is -0.324 e. The Morgan fingerprint density at radius 3 is 2.53 bits per heavy atom. The standard InChI is InChI=1S/C25H39F2N5/c1-7-13-31(23(18(4)5)15-20(17(2)3)24(26)27)25-21-16-30(6)14-10-22(21)32(29-25)19-8-11-28-12-9-19/h15,19,24,28H,4,7-14,16H2,1-3,5-6H3/b23-15+. The van der Waals surface area contributed by atoms with Crippen LogP contribution in [0, 0.1) is 0 Å². The normalized spacial score (nSPS) is 18.1. The molecule has 1 fully saturated rings. The minimum atomic E-state index is -2.52. The SMILES string of the molecule is C=C(C)/C(=C\C(=C(C)C)C(F)F)N(CCC)c1nn(C2CCNCC2)c2c1CN(C)CC2. The fraction of sp³-hybridized carbons (Fsp3) is 0.640. The van der Waals surface area contributed by atoms with Gasteiger partial charge in [0.05, 0.1) is 6.04 Å². The molecule has 1 N–H and O–H groups in total. The number of anilines is 1. The average Bonchev–Trinajstić information content (AvgIpc) is 3.11. The van der Waals surface area contributed by atoms with Gasteiger partial charge in [0.25, 0.3) is 6.43 Å².